The number of halogens is 1. The van der Waals surface area contributed by atoms with E-state index in [0.717, 1.165) is 0 Å². The van der Waals surface area contributed by atoms with E-state index < -0.39 is 11.9 Å². The van der Waals surface area contributed by atoms with Crippen LogP contribution in [0.5, 0.6) is 0 Å². The predicted molar refractivity (Wildman–Crippen MR) is 68.5 cm³/mol. The lowest BCUT2D eigenvalue weighted by molar-refractivity contribution is -0.122. The monoisotopic (exact) mass is 272 g/mol. The Labute approximate surface area is 111 Å². The van der Waals surface area contributed by atoms with E-state index in [1.165, 1.54) is 12.3 Å². The van der Waals surface area contributed by atoms with Gasteiger partial charge in [0.15, 0.2) is 0 Å². The summed E-state index contributed by atoms with van der Waals surface area (Å²) in [5.41, 5.74) is 0.222. The Morgan fingerprint density at radius 3 is 2.56 bits per heavy atom. The van der Waals surface area contributed by atoms with E-state index in [1.54, 1.807) is 6.92 Å². The van der Waals surface area contributed by atoms with E-state index in [1.807, 2.05) is 13.8 Å². The number of carbonyl (C=O) groups is 2. The topological polar surface area (TPSA) is 71.3 Å². The molecule has 0 aliphatic rings. The van der Waals surface area contributed by atoms with Crippen LogP contribution in [0.15, 0.2) is 16.7 Å². The highest BCUT2D eigenvalue weighted by molar-refractivity contribution is 6.32. The van der Waals surface area contributed by atoms with E-state index in [2.05, 4.69) is 10.6 Å². The van der Waals surface area contributed by atoms with Crippen molar-refractivity contribution >= 4 is 23.4 Å². The fourth-order valence-corrected chi connectivity index (χ4v) is 1.45. The molecule has 0 saturated carbocycles. The van der Waals surface area contributed by atoms with E-state index in [4.69, 9.17) is 16.0 Å². The first-order chi connectivity index (χ1) is 8.41. The zero-order valence-corrected chi connectivity index (χ0v) is 11.4. The van der Waals surface area contributed by atoms with Crippen molar-refractivity contribution in [3.8, 4) is 0 Å². The summed E-state index contributed by atoms with van der Waals surface area (Å²) in [6.07, 6.45) is 1.32. The van der Waals surface area contributed by atoms with E-state index in [0.29, 0.717) is 12.5 Å². The molecule has 0 bridgehead atoms. The number of amides is 2. The molecule has 1 rings (SSSR count). The molecule has 0 radical (unpaired) electrons. The first-order valence-electron chi connectivity index (χ1n) is 5.73. The molecule has 18 heavy (non-hydrogen) atoms. The van der Waals surface area contributed by atoms with Crippen LogP contribution in [0.1, 0.15) is 31.1 Å². The number of hydrogen-bond acceptors (Lipinski definition) is 3. The van der Waals surface area contributed by atoms with Crippen molar-refractivity contribution in [2.24, 2.45) is 5.92 Å². The normalized spacial score (nSPS) is 12.3. The van der Waals surface area contributed by atoms with E-state index >= 15 is 0 Å². The van der Waals surface area contributed by atoms with Gasteiger partial charge in [-0.3, -0.25) is 9.59 Å². The first kappa shape index (κ1) is 14.6. The number of nitrogens with one attached hydrogen (secondary N) is 2. The van der Waals surface area contributed by atoms with Crippen molar-refractivity contribution < 1.29 is 14.0 Å². The SMILES string of the molecule is CC(C)CNC(=O)C(C)NC(=O)c1ccoc1Cl. The van der Waals surface area contributed by atoms with Crippen LogP contribution in [-0.4, -0.2) is 24.4 Å². The fraction of sp³-hybridized carbons (Fsp3) is 0.500. The van der Waals surface area contributed by atoms with Gasteiger partial charge in [0.1, 0.15) is 6.04 Å². The summed E-state index contributed by atoms with van der Waals surface area (Å²) in [5.74, 6) is -0.294. The maximum atomic E-state index is 11.7. The first-order valence-corrected chi connectivity index (χ1v) is 6.11. The molecule has 0 saturated heterocycles. The third-order valence-corrected chi connectivity index (χ3v) is 2.58. The van der Waals surface area contributed by atoms with Gasteiger partial charge in [-0.1, -0.05) is 13.8 Å². The standard InChI is InChI=1S/C12H17ClN2O3/c1-7(2)6-14-11(16)8(3)15-12(17)9-4-5-18-10(9)13/h4-5,7-8H,6H2,1-3H3,(H,14,16)(H,15,17). The van der Waals surface area contributed by atoms with Crippen LogP contribution in [0, 0.1) is 5.92 Å². The molecule has 1 atom stereocenters. The Kier molecular flexibility index (Phi) is 5.22. The highest BCUT2D eigenvalue weighted by Gasteiger charge is 2.19. The van der Waals surface area contributed by atoms with Crippen molar-refractivity contribution in [2.75, 3.05) is 6.54 Å². The van der Waals surface area contributed by atoms with Crippen molar-refractivity contribution in [2.45, 2.75) is 26.8 Å². The van der Waals surface area contributed by atoms with Crippen LogP contribution in [0.2, 0.25) is 5.22 Å². The van der Waals surface area contributed by atoms with Crippen LogP contribution in [0.4, 0.5) is 0 Å². The van der Waals surface area contributed by atoms with Gasteiger partial charge in [-0.25, -0.2) is 0 Å². The Balaban J connectivity index is 2.49. The van der Waals surface area contributed by atoms with Crippen LogP contribution >= 0.6 is 11.6 Å². The summed E-state index contributed by atoms with van der Waals surface area (Å²) < 4.78 is 4.81. The highest BCUT2D eigenvalue weighted by atomic mass is 35.5. The Hall–Kier alpha value is -1.49. The van der Waals surface area contributed by atoms with Crippen LogP contribution in [0.3, 0.4) is 0 Å². The smallest absolute Gasteiger partial charge is 0.256 e. The molecule has 1 aromatic heterocycles. The fourth-order valence-electron chi connectivity index (χ4n) is 1.25. The summed E-state index contributed by atoms with van der Waals surface area (Å²) in [6, 6.07) is 0.832. The summed E-state index contributed by atoms with van der Waals surface area (Å²) in [6.45, 7) is 6.18. The summed E-state index contributed by atoms with van der Waals surface area (Å²) in [5, 5.41) is 5.30. The predicted octanol–water partition coefficient (Wildman–Crippen LogP) is 1.82. The lowest BCUT2D eigenvalue weighted by atomic mass is 10.2. The Bertz CT molecular complexity index is 429. The minimum absolute atomic E-state index is 0.0160. The number of hydrogen-bond donors (Lipinski definition) is 2. The third kappa shape index (κ3) is 4.07. The molecule has 2 amide bonds. The van der Waals surface area contributed by atoms with Gasteiger partial charge in [0.2, 0.25) is 11.1 Å². The quantitative estimate of drug-likeness (QED) is 0.859. The Morgan fingerprint density at radius 1 is 1.39 bits per heavy atom. The molecule has 5 nitrogen and oxygen atoms in total. The zero-order valence-electron chi connectivity index (χ0n) is 10.6. The van der Waals surface area contributed by atoms with Crippen LogP contribution in [0.25, 0.3) is 0 Å². The molecule has 0 aliphatic heterocycles. The van der Waals surface area contributed by atoms with E-state index in [9.17, 15) is 9.59 Å². The number of rotatable bonds is 5. The van der Waals surface area contributed by atoms with Gasteiger partial charge in [0.05, 0.1) is 11.8 Å². The van der Waals surface area contributed by atoms with Gasteiger partial charge >= 0.3 is 0 Å². The number of furan rings is 1. The summed E-state index contributed by atoms with van der Waals surface area (Å²) in [4.78, 5) is 23.4. The highest BCUT2D eigenvalue weighted by Crippen LogP contribution is 2.16. The minimum Gasteiger partial charge on any atom is -0.452 e. The molecule has 100 valence electrons. The minimum atomic E-state index is -0.623. The molecule has 0 fully saturated rings. The third-order valence-electron chi connectivity index (χ3n) is 2.29. The molecular formula is C12H17ClN2O3. The van der Waals surface area contributed by atoms with Crippen molar-refractivity contribution in [3.63, 3.8) is 0 Å². The van der Waals surface area contributed by atoms with Crippen LogP contribution < -0.4 is 10.6 Å². The zero-order chi connectivity index (χ0) is 13.7. The molecule has 0 aromatic carbocycles. The van der Waals surface area contributed by atoms with Gasteiger partial charge in [0, 0.05) is 6.54 Å². The average Bonchev–Trinajstić information content (AvgIpc) is 2.72. The largest absolute Gasteiger partial charge is 0.452 e. The van der Waals surface area contributed by atoms with Crippen LogP contribution in [-0.2, 0) is 4.79 Å². The van der Waals surface area contributed by atoms with Crippen molar-refractivity contribution in [3.05, 3.63) is 23.1 Å². The maximum Gasteiger partial charge on any atom is 0.256 e. The average molecular weight is 273 g/mol. The number of carbonyl (C=O) groups excluding carboxylic acids is 2. The summed E-state index contributed by atoms with van der Waals surface area (Å²) >= 11 is 5.67. The molecule has 0 spiro atoms. The van der Waals surface area contributed by atoms with Gasteiger partial charge in [-0.15, -0.1) is 0 Å². The summed E-state index contributed by atoms with van der Waals surface area (Å²) in [7, 11) is 0. The molecule has 2 N–H and O–H groups in total. The molecule has 6 heteroatoms. The maximum absolute atomic E-state index is 11.7. The molecule has 1 unspecified atom stereocenters. The van der Waals surface area contributed by atoms with Crippen molar-refractivity contribution in [1.82, 2.24) is 10.6 Å². The van der Waals surface area contributed by atoms with Gasteiger partial charge in [-0.05, 0) is 30.5 Å². The molecule has 1 heterocycles. The lowest BCUT2D eigenvalue weighted by Gasteiger charge is -2.14. The van der Waals surface area contributed by atoms with Crippen molar-refractivity contribution in [1.29, 1.82) is 0 Å². The Morgan fingerprint density at radius 2 is 2.06 bits per heavy atom. The van der Waals surface area contributed by atoms with Gasteiger partial charge in [-0.2, -0.15) is 0 Å². The van der Waals surface area contributed by atoms with E-state index in [-0.39, 0.29) is 16.7 Å². The second kappa shape index (κ2) is 6.44. The van der Waals surface area contributed by atoms with Gasteiger partial charge in [0.25, 0.3) is 5.91 Å². The second-order valence-electron chi connectivity index (χ2n) is 4.44. The molecular weight excluding hydrogens is 256 g/mol. The molecule has 0 aliphatic carbocycles. The lowest BCUT2D eigenvalue weighted by Crippen LogP contribution is -2.45. The molecule has 1 aromatic rings. The van der Waals surface area contributed by atoms with Gasteiger partial charge < -0.3 is 15.1 Å². The second-order valence-corrected chi connectivity index (χ2v) is 4.79.